The highest BCUT2D eigenvalue weighted by Crippen LogP contribution is 2.69. The molecule has 0 spiro atoms. The first-order chi connectivity index (χ1) is 24.6. The smallest absolute Gasteiger partial charge is 0.301 e. The topological polar surface area (TPSA) is 54.3 Å². The highest BCUT2D eigenvalue weighted by molar-refractivity contribution is 7.76. The molecule has 1 aliphatic heterocycles. The number of benzene rings is 7. The van der Waals surface area contributed by atoms with Gasteiger partial charge in [0.2, 0.25) is 0 Å². The molecule has 0 saturated heterocycles. The zero-order valence-corrected chi connectivity index (χ0v) is 29.0. The lowest BCUT2D eigenvalue weighted by Crippen LogP contribution is -2.96. The number of nitrogens with one attached hydrogen (secondary N) is 1. The van der Waals surface area contributed by atoms with E-state index in [4.69, 9.17) is 0 Å². The fraction of sp³-hybridized carbons (Fsp3) is 0. The maximum atomic E-state index is 16.0. The molecule has 2 atom stereocenters. The Labute approximate surface area is 294 Å². The summed E-state index contributed by atoms with van der Waals surface area (Å²) in [6, 6.07) is 63.5. The van der Waals surface area contributed by atoms with Crippen LogP contribution >= 0.6 is 16.2 Å². The fourth-order valence-electron chi connectivity index (χ4n) is 6.47. The van der Waals surface area contributed by atoms with E-state index in [0.717, 1.165) is 44.7 Å². The molecular weight excluding hydrogens is 654 g/mol. The molecule has 2 unspecified atom stereocenters. The predicted octanol–water partition coefficient (Wildman–Crippen LogP) is 9.90. The Balaban J connectivity index is 1.21. The molecule has 0 aliphatic carbocycles. The molecule has 50 heavy (non-hydrogen) atoms. The van der Waals surface area contributed by atoms with Crippen molar-refractivity contribution in [1.82, 2.24) is 0 Å². The number of nitrogens with zero attached hydrogens (tertiary/aromatic N) is 3. The number of hydrogen-bond donors (Lipinski definition) is 1. The van der Waals surface area contributed by atoms with Gasteiger partial charge in [-0.1, -0.05) is 109 Å². The van der Waals surface area contributed by atoms with Crippen molar-refractivity contribution in [3.05, 3.63) is 199 Å². The molecule has 0 saturated carbocycles. The van der Waals surface area contributed by atoms with E-state index >= 15 is 4.57 Å². The first-order valence-electron chi connectivity index (χ1n) is 16.4. The van der Waals surface area contributed by atoms with Gasteiger partial charge in [-0.05, 0) is 84.2 Å². The molecule has 0 fully saturated rings. The maximum Gasteiger partial charge on any atom is 0.301 e. The minimum atomic E-state index is -3.48. The molecule has 1 aliphatic rings. The normalized spacial score (nSPS) is 14.1. The van der Waals surface area contributed by atoms with E-state index in [1.807, 2.05) is 179 Å². The third kappa shape index (κ3) is 5.79. The molecule has 0 aromatic heterocycles. The van der Waals surface area contributed by atoms with Crippen LogP contribution in [0, 0.1) is 5.21 Å². The first kappa shape index (κ1) is 31.8. The third-order valence-corrected chi connectivity index (χ3v) is 13.0. The van der Waals surface area contributed by atoms with Crippen molar-refractivity contribution in [2.24, 2.45) is 0 Å². The van der Waals surface area contributed by atoms with Crippen molar-refractivity contribution in [2.75, 3.05) is 14.0 Å². The van der Waals surface area contributed by atoms with Crippen LogP contribution in [-0.2, 0) is 4.57 Å². The van der Waals surface area contributed by atoms with Crippen LogP contribution in [0.2, 0.25) is 0 Å². The standard InChI is InChI=1S/C42H34N4O2P2/c47-43(33-17-5-1-6-18-33)39-25-13-14-26-40(39)44(34-19-7-2-8-20-34)49-37-29-31-38(32-30-37)50(48)45(35-21-9-3-10-22-35)41-27-15-16-28-42(41)46(50)36-23-11-4-12-24-36/h1-32,43,49H. The summed E-state index contributed by atoms with van der Waals surface area (Å²) in [6.07, 6.45) is 0. The van der Waals surface area contributed by atoms with E-state index < -0.39 is 7.44 Å². The second-order valence-corrected chi connectivity index (χ2v) is 15.5. The second kappa shape index (κ2) is 13.8. The van der Waals surface area contributed by atoms with Crippen LogP contribution in [0.3, 0.4) is 0 Å². The quantitative estimate of drug-likeness (QED) is 0.121. The molecule has 0 bridgehead atoms. The fourth-order valence-corrected chi connectivity index (χ4v) is 10.6. The van der Waals surface area contributed by atoms with E-state index in [-0.39, 0.29) is 13.8 Å². The Hall–Kier alpha value is -5.48. The van der Waals surface area contributed by atoms with Gasteiger partial charge in [-0.2, -0.15) is 0 Å². The highest BCUT2D eigenvalue weighted by Gasteiger charge is 2.48. The van der Waals surface area contributed by atoms with Crippen molar-refractivity contribution in [3.63, 3.8) is 0 Å². The van der Waals surface area contributed by atoms with Gasteiger partial charge in [0.1, 0.15) is 11.4 Å². The Morgan fingerprint density at radius 3 is 1.54 bits per heavy atom. The SMILES string of the molecule is O=P1(c2ccc(PN(c3ccccc3)c3ccccc3[NH+]([O-])c3ccccc3)cc2)N(c2ccccc2)c2ccccc2N1c1ccccc1. The Bertz CT molecular complexity index is 2190. The van der Waals surface area contributed by atoms with Gasteiger partial charge in [-0.15, -0.1) is 0 Å². The van der Waals surface area contributed by atoms with E-state index in [9.17, 15) is 5.21 Å². The molecule has 1 heterocycles. The largest absolute Gasteiger partial charge is 0.623 e. The number of rotatable bonds is 9. The Morgan fingerprint density at radius 1 is 0.520 bits per heavy atom. The third-order valence-electron chi connectivity index (χ3n) is 8.77. The van der Waals surface area contributed by atoms with Crippen molar-refractivity contribution in [3.8, 4) is 0 Å². The van der Waals surface area contributed by atoms with E-state index in [0.29, 0.717) is 11.4 Å². The predicted molar refractivity (Wildman–Crippen MR) is 210 cm³/mol. The van der Waals surface area contributed by atoms with Gasteiger partial charge < -0.3 is 14.9 Å². The number of quaternary nitrogens is 1. The minimum absolute atomic E-state index is 0.0248. The van der Waals surface area contributed by atoms with Gasteiger partial charge in [0.15, 0.2) is 5.69 Å². The summed E-state index contributed by atoms with van der Waals surface area (Å²) in [7, 11) is -3.32. The van der Waals surface area contributed by atoms with Crippen LogP contribution in [0.5, 0.6) is 0 Å². The Kier molecular flexibility index (Phi) is 8.77. The zero-order valence-electron chi connectivity index (χ0n) is 27.1. The van der Waals surface area contributed by atoms with Crippen molar-refractivity contribution in [2.45, 2.75) is 0 Å². The molecule has 244 valence electrons. The molecule has 8 rings (SSSR count). The molecule has 0 amide bonds. The van der Waals surface area contributed by atoms with E-state index in [2.05, 4.69) is 28.9 Å². The number of para-hydroxylation sites is 8. The molecular formula is C42H34N4O2P2. The van der Waals surface area contributed by atoms with Crippen LogP contribution in [0.1, 0.15) is 0 Å². The molecule has 1 N–H and O–H groups in total. The average Bonchev–Trinajstić information content (AvgIpc) is 3.47. The lowest BCUT2D eigenvalue weighted by molar-refractivity contribution is -0.697. The van der Waals surface area contributed by atoms with Crippen molar-refractivity contribution in [1.29, 1.82) is 0 Å². The number of hydrogen-bond acceptors (Lipinski definition) is 3. The number of anilines is 6. The Morgan fingerprint density at radius 2 is 0.980 bits per heavy atom. The summed E-state index contributed by atoms with van der Waals surface area (Å²) in [5.41, 5.74) is 6.61. The molecule has 7 aromatic carbocycles. The van der Waals surface area contributed by atoms with Crippen LogP contribution in [0.15, 0.2) is 194 Å². The number of fused-ring (bicyclic) bond motifs is 1. The minimum Gasteiger partial charge on any atom is -0.623 e. The van der Waals surface area contributed by atoms with Gasteiger partial charge >= 0.3 is 7.44 Å². The summed E-state index contributed by atoms with van der Waals surface area (Å²) in [4.78, 5) is 0. The van der Waals surface area contributed by atoms with Crippen LogP contribution < -0.4 is 29.7 Å². The molecule has 7 aromatic rings. The highest BCUT2D eigenvalue weighted by atomic mass is 31.2. The maximum absolute atomic E-state index is 16.0. The van der Waals surface area contributed by atoms with Gasteiger partial charge in [0, 0.05) is 31.9 Å². The summed E-state index contributed by atoms with van der Waals surface area (Å²) in [5, 5.41) is 15.5. The second-order valence-electron chi connectivity index (χ2n) is 11.9. The van der Waals surface area contributed by atoms with Gasteiger partial charge in [0.25, 0.3) is 0 Å². The zero-order chi connectivity index (χ0) is 33.9. The molecule has 0 radical (unpaired) electrons. The van der Waals surface area contributed by atoms with Crippen LogP contribution in [0.25, 0.3) is 0 Å². The molecule has 8 heteroatoms. The van der Waals surface area contributed by atoms with Crippen molar-refractivity contribution >= 4 is 72.3 Å². The van der Waals surface area contributed by atoms with Gasteiger partial charge in [0.05, 0.1) is 16.7 Å². The van der Waals surface area contributed by atoms with Crippen molar-refractivity contribution < 1.29 is 9.63 Å². The average molecular weight is 689 g/mol. The van der Waals surface area contributed by atoms with E-state index in [1.165, 1.54) is 0 Å². The van der Waals surface area contributed by atoms with Crippen LogP contribution in [-0.4, -0.2) is 0 Å². The summed E-state index contributed by atoms with van der Waals surface area (Å²) >= 11 is 0. The lowest BCUT2D eigenvalue weighted by atomic mass is 10.2. The summed E-state index contributed by atoms with van der Waals surface area (Å²) < 4.78 is 22.2. The summed E-state index contributed by atoms with van der Waals surface area (Å²) in [5.74, 6) is 0. The molecule has 6 nitrogen and oxygen atoms in total. The van der Waals surface area contributed by atoms with Gasteiger partial charge in [-0.25, -0.2) is 0 Å². The first-order valence-corrected chi connectivity index (χ1v) is 19.0. The van der Waals surface area contributed by atoms with Gasteiger partial charge in [-0.3, -0.25) is 13.9 Å². The van der Waals surface area contributed by atoms with E-state index in [1.54, 1.807) is 0 Å². The monoisotopic (exact) mass is 688 g/mol. The van der Waals surface area contributed by atoms with Crippen LogP contribution in [0.4, 0.5) is 45.5 Å². The summed E-state index contributed by atoms with van der Waals surface area (Å²) in [6.45, 7) is 0. The lowest BCUT2D eigenvalue weighted by Gasteiger charge is -2.33.